The molecule has 0 aliphatic heterocycles. The highest BCUT2D eigenvalue weighted by Gasteiger charge is 2.41. The molecule has 0 aromatic heterocycles. The topological polar surface area (TPSA) is 115 Å². The van der Waals surface area contributed by atoms with Gasteiger partial charge in [0.05, 0.1) is 0 Å². The van der Waals surface area contributed by atoms with E-state index in [1.165, 1.54) is 18.2 Å². The fourth-order valence-electron chi connectivity index (χ4n) is 5.60. The van der Waals surface area contributed by atoms with E-state index in [0.717, 1.165) is 11.1 Å². The number of allylic oxidation sites excluding steroid dienone is 4. The van der Waals surface area contributed by atoms with Gasteiger partial charge in [0.15, 0.2) is 23.1 Å². The Labute approximate surface area is 214 Å². The summed E-state index contributed by atoms with van der Waals surface area (Å²) in [6, 6.07) is 23.0. The van der Waals surface area contributed by atoms with Crippen molar-refractivity contribution in [3.8, 4) is 11.5 Å². The predicted molar refractivity (Wildman–Crippen MR) is 139 cm³/mol. The van der Waals surface area contributed by atoms with Gasteiger partial charge in [-0.3, -0.25) is 9.59 Å². The van der Waals surface area contributed by atoms with Crippen molar-refractivity contribution in [1.29, 1.82) is 0 Å². The lowest BCUT2D eigenvalue weighted by atomic mass is 9.70. The Bertz CT molecular complexity index is 1320. The Kier molecular flexibility index (Phi) is 6.57. The number of aromatic hydroxyl groups is 2. The van der Waals surface area contributed by atoms with Crippen LogP contribution < -0.4 is 0 Å². The second-order valence-electron chi connectivity index (χ2n) is 9.78. The lowest BCUT2D eigenvalue weighted by Gasteiger charge is -2.33. The predicted octanol–water partition coefficient (Wildman–Crippen LogP) is 6.10. The van der Waals surface area contributed by atoms with Crippen molar-refractivity contribution in [3.05, 3.63) is 118 Å². The Morgan fingerprint density at radius 2 is 1.03 bits per heavy atom. The van der Waals surface area contributed by atoms with Gasteiger partial charge < -0.3 is 20.4 Å². The maximum absolute atomic E-state index is 13.6. The molecule has 3 aromatic rings. The van der Waals surface area contributed by atoms with Crippen molar-refractivity contribution in [2.75, 3.05) is 0 Å². The smallest absolute Gasteiger partial charge is 0.163 e. The number of carbonyl (C=O) groups is 2. The molecule has 188 valence electrons. The van der Waals surface area contributed by atoms with Crippen LogP contribution in [0.2, 0.25) is 0 Å². The van der Waals surface area contributed by atoms with Crippen LogP contribution in [0.1, 0.15) is 60.1 Å². The number of aliphatic hydroxyl groups excluding tert-OH is 2. The molecule has 2 unspecified atom stereocenters. The van der Waals surface area contributed by atoms with Crippen LogP contribution in [-0.4, -0.2) is 32.0 Å². The molecule has 2 atom stereocenters. The van der Waals surface area contributed by atoms with E-state index in [-0.39, 0.29) is 77.5 Å². The number of rotatable bonds is 5. The van der Waals surface area contributed by atoms with E-state index in [2.05, 4.69) is 0 Å². The molecule has 0 fully saturated rings. The Balaban J connectivity index is 1.60. The van der Waals surface area contributed by atoms with E-state index in [1.54, 1.807) is 0 Å². The van der Waals surface area contributed by atoms with Gasteiger partial charge in [-0.1, -0.05) is 66.7 Å². The summed E-state index contributed by atoms with van der Waals surface area (Å²) in [6.07, 6.45) is 0.693. The molecule has 4 N–H and O–H groups in total. The summed E-state index contributed by atoms with van der Waals surface area (Å²) < 4.78 is 0. The van der Waals surface area contributed by atoms with Crippen molar-refractivity contribution in [2.45, 2.75) is 43.4 Å². The molecule has 2 aliphatic rings. The van der Waals surface area contributed by atoms with Gasteiger partial charge in [0.25, 0.3) is 0 Å². The van der Waals surface area contributed by atoms with Gasteiger partial charge >= 0.3 is 0 Å². The Morgan fingerprint density at radius 3 is 1.43 bits per heavy atom. The van der Waals surface area contributed by atoms with Crippen molar-refractivity contribution in [3.63, 3.8) is 0 Å². The molecule has 0 heterocycles. The van der Waals surface area contributed by atoms with Crippen molar-refractivity contribution in [2.24, 2.45) is 0 Å². The molecular weight excluding hydrogens is 468 g/mol. The molecule has 0 saturated carbocycles. The van der Waals surface area contributed by atoms with Crippen LogP contribution in [0.15, 0.2) is 102 Å². The number of benzene rings is 3. The third kappa shape index (κ3) is 4.75. The summed E-state index contributed by atoms with van der Waals surface area (Å²) in [4.78, 5) is 27.1. The van der Waals surface area contributed by atoms with Gasteiger partial charge in [0.2, 0.25) is 0 Å². The maximum Gasteiger partial charge on any atom is 0.163 e. The minimum absolute atomic E-state index is 0.0466. The number of phenols is 2. The zero-order valence-electron chi connectivity index (χ0n) is 20.2. The van der Waals surface area contributed by atoms with E-state index in [4.69, 9.17) is 0 Å². The second kappa shape index (κ2) is 9.97. The largest absolute Gasteiger partial charge is 0.512 e. The van der Waals surface area contributed by atoms with Gasteiger partial charge in [-0.05, 0) is 40.7 Å². The molecule has 6 heteroatoms. The average molecular weight is 497 g/mol. The first-order chi connectivity index (χ1) is 17.8. The van der Waals surface area contributed by atoms with Crippen molar-refractivity contribution >= 4 is 11.6 Å². The molecule has 0 radical (unpaired) electrons. The molecule has 5 rings (SSSR count). The summed E-state index contributed by atoms with van der Waals surface area (Å²) in [5, 5.41) is 42.5. The molecule has 2 aliphatic carbocycles. The SMILES string of the molecule is O=C1CC(c2ccccc2)CC(O)=C1C(C1=C(O)CC(c2ccccc2)CC1=O)c1ccc(O)c(O)c1. The molecule has 0 amide bonds. The number of aliphatic hydroxyl groups is 2. The first-order valence-electron chi connectivity index (χ1n) is 12.4. The summed E-state index contributed by atoms with van der Waals surface area (Å²) in [6.45, 7) is 0. The van der Waals surface area contributed by atoms with Gasteiger partial charge in [0.1, 0.15) is 11.5 Å². The lowest BCUT2D eigenvalue weighted by Crippen LogP contribution is -2.29. The van der Waals surface area contributed by atoms with Crippen LogP contribution in [0.4, 0.5) is 0 Å². The van der Waals surface area contributed by atoms with Crippen LogP contribution in [0.3, 0.4) is 0 Å². The van der Waals surface area contributed by atoms with E-state index >= 15 is 0 Å². The van der Waals surface area contributed by atoms with E-state index in [9.17, 15) is 30.0 Å². The van der Waals surface area contributed by atoms with Crippen LogP contribution in [0.5, 0.6) is 11.5 Å². The third-order valence-electron chi connectivity index (χ3n) is 7.42. The standard InChI is InChI=1S/C31H28O6/c32-23-12-11-20(13-24(23)33)29(30-25(34)14-21(15-26(30)35)18-7-3-1-4-8-18)31-27(36)16-22(17-28(31)37)19-9-5-2-6-10-19/h1-13,21-22,29,32-34,36H,14-17H2. The van der Waals surface area contributed by atoms with E-state index in [0.29, 0.717) is 5.56 Å². The highest BCUT2D eigenvalue weighted by Crippen LogP contribution is 2.47. The quantitative estimate of drug-likeness (QED) is 0.317. The molecule has 0 saturated heterocycles. The second-order valence-corrected chi connectivity index (χ2v) is 9.78. The summed E-state index contributed by atoms with van der Waals surface area (Å²) in [7, 11) is 0. The number of ketones is 2. The molecule has 0 spiro atoms. The Morgan fingerprint density at radius 1 is 0.568 bits per heavy atom. The number of phenolic OH excluding ortho intramolecular Hbond substituents is 2. The zero-order chi connectivity index (χ0) is 26.1. The maximum atomic E-state index is 13.6. The highest BCUT2D eigenvalue weighted by molar-refractivity contribution is 6.05. The van der Waals surface area contributed by atoms with Gasteiger partial charge in [-0.2, -0.15) is 0 Å². The first kappa shape index (κ1) is 24.4. The molecule has 3 aromatic carbocycles. The minimum atomic E-state index is -1.07. The average Bonchev–Trinajstić information content (AvgIpc) is 2.89. The van der Waals surface area contributed by atoms with E-state index in [1.807, 2.05) is 60.7 Å². The van der Waals surface area contributed by atoms with Crippen LogP contribution in [-0.2, 0) is 9.59 Å². The highest BCUT2D eigenvalue weighted by atomic mass is 16.3. The normalized spacial score (nSPS) is 21.3. The van der Waals surface area contributed by atoms with Crippen molar-refractivity contribution < 1.29 is 30.0 Å². The minimum Gasteiger partial charge on any atom is -0.512 e. The van der Waals surface area contributed by atoms with Crippen LogP contribution >= 0.6 is 0 Å². The molecule has 6 nitrogen and oxygen atoms in total. The molecule has 0 bridgehead atoms. The number of hydrogen-bond donors (Lipinski definition) is 4. The van der Waals surface area contributed by atoms with Gasteiger partial charge in [0, 0.05) is 42.7 Å². The summed E-state index contributed by atoms with van der Waals surface area (Å²) in [5.74, 6) is -3.18. The summed E-state index contributed by atoms with van der Waals surface area (Å²) >= 11 is 0. The zero-order valence-corrected chi connectivity index (χ0v) is 20.2. The van der Waals surface area contributed by atoms with Gasteiger partial charge in [-0.25, -0.2) is 0 Å². The Hall–Kier alpha value is -4.32. The number of Topliss-reactive ketones (excluding diaryl/α,β-unsaturated/α-hetero) is 2. The monoisotopic (exact) mass is 496 g/mol. The molecular formula is C31H28O6. The number of carbonyl (C=O) groups excluding carboxylic acids is 2. The van der Waals surface area contributed by atoms with Crippen LogP contribution in [0, 0.1) is 0 Å². The van der Waals surface area contributed by atoms with Crippen molar-refractivity contribution in [1.82, 2.24) is 0 Å². The fourth-order valence-corrected chi connectivity index (χ4v) is 5.60. The van der Waals surface area contributed by atoms with E-state index < -0.39 is 11.7 Å². The third-order valence-corrected chi connectivity index (χ3v) is 7.42. The fraction of sp³-hybridized carbons (Fsp3) is 0.226. The number of hydrogen-bond acceptors (Lipinski definition) is 6. The van der Waals surface area contributed by atoms with Crippen LogP contribution in [0.25, 0.3) is 0 Å². The summed E-state index contributed by atoms with van der Waals surface area (Å²) in [5.41, 5.74) is 2.29. The molecule has 37 heavy (non-hydrogen) atoms. The first-order valence-corrected chi connectivity index (χ1v) is 12.4. The van der Waals surface area contributed by atoms with Gasteiger partial charge in [-0.15, -0.1) is 0 Å². The lowest BCUT2D eigenvalue weighted by molar-refractivity contribution is -0.117.